The van der Waals surface area contributed by atoms with E-state index in [1.54, 1.807) is 0 Å². The Hall–Kier alpha value is -0.600. The Labute approximate surface area is 55.4 Å². The van der Waals surface area contributed by atoms with Crippen molar-refractivity contribution in [3.63, 3.8) is 0 Å². The fraction of sp³-hybridized carbons (Fsp3) is 0.429. The molecule has 9 heavy (non-hydrogen) atoms. The highest BCUT2D eigenvalue weighted by atomic mass is 15.3. The molecule has 50 valence electrons. The number of hydrogen-bond acceptors (Lipinski definition) is 2. The minimum atomic E-state index is -0.0191. The lowest BCUT2D eigenvalue weighted by atomic mass is 9.95. The van der Waals surface area contributed by atoms with Crippen molar-refractivity contribution in [3.8, 4) is 0 Å². The first-order valence-electron chi connectivity index (χ1n) is 3.09. The second kappa shape index (κ2) is 2.33. The fourth-order valence-corrected chi connectivity index (χ4v) is 0.834. The van der Waals surface area contributed by atoms with Gasteiger partial charge in [0.25, 0.3) is 0 Å². The summed E-state index contributed by atoms with van der Waals surface area (Å²) in [5.41, 5.74) is 2.72. The highest BCUT2D eigenvalue weighted by molar-refractivity contribution is 5.18. The van der Waals surface area contributed by atoms with Crippen molar-refractivity contribution in [1.29, 1.82) is 0 Å². The summed E-state index contributed by atoms with van der Waals surface area (Å²) >= 11 is 0. The third-order valence-corrected chi connectivity index (χ3v) is 1.58. The number of nitrogens with one attached hydrogen (secondary N) is 1. The van der Waals surface area contributed by atoms with Crippen LogP contribution in [0.15, 0.2) is 24.3 Å². The summed E-state index contributed by atoms with van der Waals surface area (Å²) in [6.45, 7) is 2.06. The van der Waals surface area contributed by atoms with E-state index in [0.29, 0.717) is 0 Å². The van der Waals surface area contributed by atoms with E-state index in [9.17, 15) is 0 Å². The molecule has 0 aromatic rings. The van der Waals surface area contributed by atoms with Gasteiger partial charge in [-0.1, -0.05) is 24.3 Å². The van der Waals surface area contributed by atoms with Gasteiger partial charge in [-0.15, -0.1) is 0 Å². The molecule has 0 aliphatic heterocycles. The average molecular weight is 124 g/mol. The van der Waals surface area contributed by atoms with Gasteiger partial charge in [0, 0.05) is 0 Å². The smallest absolute Gasteiger partial charge is 0.0509 e. The van der Waals surface area contributed by atoms with Crippen LogP contribution in [0, 0.1) is 0 Å². The van der Waals surface area contributed by atoms with E-state index < -0.39 is 0 Å². The number of allylic oxidation sites excluding steroid dienone is 2. The summed E-state index contributed by atoms with van der Waals surface area (Å²) in [4.78, 5) is 0. The molecule has 1 aliphatic carbocycles. The van der Waals surface area contributed by atoms with Crippen molar-refractivity contribution in [2.45, 2.75) is 18.9 Å². The van der Waals surface area contributed by atoms with E-state index >= 15 is 0 Å². The Balaban J connectivity index is 2.63. The standard InChI is InChI=1S/C7H12N2/c1-7(9-8)5-3-2-4-6-7/h2-5,9H,6,8H2,1H3. The second-order valence-corrected chi connectivity index (χ2v) is 2.55. The zero-order valence-electron chi connectivity index (χ0n) is 5.59. The SMILES string of the molecule is CC1(NN)C=CC=CC1. The molecule has 1 atom stereocenters. The zero-order chi connectivity index (χ0) is 6.74. The van der Waals surface area contributed by atoms with E-state index in [-0.39, 0.29) is 5.54 Å². The van der Waals surface area contributed by atoms with Crippen LogP contribution in [0.1, 0.15) is 13.3 Å². The van der Waals surface area contributed by atoms with Crippen molar-refractivity contribution in [2.75, 3.05) is 0 Å². The molecule has 0 heterocycles. The maximum Gasteiger partial charge on any atom is 0.0509 e. The van der Waals surface area contributed by atoms with Gasteiger partial charge in [0.05, 0.1) is 5.54 Å². The molecule has 0 aromatic heterocycles. The van der Waals surface area contributed by atoms with Gasteiger partial charge in [-0.25, -0.2) is 0 Å². The molecule has 0 bridgehead atoms. The maximum atomic E-state index is 5.30. The number of rotatable bonds is 1. The summed E-state index contributed by atoms with van der Waals surface area (Å²) in [6, 6.07) is 0. The maximum absolute atomic E-state index is 5.30. The number of hydrogen-bond donors (Lipinski definition) is 2. The van der Waals surface area contributed by atoms with Gasteiger partial charge in [-0.05, 0) is 13.3 Å². The lowest BCUT2D eigenvalue weighted by Crippen LogP contribution is -2.45. The Kier molecular flexibility index (Phi) is 1.69. The van der Waals surface area contributed by atoms with Gasteiger partial charge < -0.3 is 0 Å². The lowest BCUT2D eigenvalue weighted by Gasteiger charge is -2.24. The molecule has 2 heteroatoms. The van der Waals surface area contributed by atoms with E-state index in [1.807, 2.05) is 12.2 Å². The van der Waals surface area contributed by atoms with Crippen LogP contribution in [-0.4, -0.2) is 5.54 Å². The predicted octanol–water partition coefficient (Wildman–Crippen LogP) is 0.725. The molecule has 0 aromatic carbocycles. The normalized spacial score (nSPS) is 33.1. The quantitative estimate of drug-likeness (QED) is 0.399. The van der Waals surface area contributed by atoms with Crippen molar-refractivity contribution in [2.24, 2.45) is 5.84 Å². The number of nitrogens with two attached hydrogens (primary N) is 1. The third kappa shape index (κ3) is 1.40. The minimum absolute atomic E-state index is 0.0191. The van der Waals surface area contributed by atoms with E-state index in [0.717, 1.165) is 6.42 Å². The van der Waals surface area contributed by atoms with E-state index in [4.69, 9.17) is 5.84 Å². The van der Waals surface area contributed by atoms with Crippen LogP contribution in [0.5, 0.6) is 0 Å². The molecule has 1 rings (SSSR count). The molecule has 3 N–H and O–H groups in total. The summed E-state index contributed by atoms with van der Waals surface area (Å²) < 4.78 is 0. The van der Waals surface area contributed by atoms with E-state index in [2.05, 4.69) is 24.5 Å². The van der Waals surface area contributed by atoms with Crippen molar-refractivity contribution in [3.05, 3.63) is 24.3 Å². The molecule has 0 fully saturated rings. The molecule has 2 nitrogen and oxygen atoms in total. The van der Waals surface area contributed by atoms with Crippen LogP contribution >= 0.6 is 0 Å². The average Bonchev–Trinajstić information content (AvgIpc) is 1.90. The Morgan fingerprint density at radius 1 is 1.56 bits per heavy atom. The second-order valence-electron chi connectivity index (χ2n) is 2.55. The van der Waals surface area contributed by atoms with Crippen LogP contribution in [0.4, 0.5) is 0 Å². The van der Waals surface area contributed by atoms with Crippen LogP contribution in [0.3, 0.4) is 0 Å². The Bertz CT molecular complexity index is 149. The predicted molar refractivity (Wildman–Crippen MR) is 38.6 cm³/mol. The van der Waals surface area contributed by atoms with Gasteiger partial charge in [0.15, 0.2) is 0 Å². The third-order valence-electron chi connectivity index (χ3n) is 1.58. The number of hydrazine groups is 1. The first-order chi connectivity index (χ1) is 4.27. The monoisotopic (exact) mass is 124 g/mol. The molecule has 0 radical (unpaired) electrons. The van der Waals surface area contributed by atoms with Gasteiger partial charge in [-0.3, -0.25) is 11.3 Å². The van der Waals surface area contributed by atoms with Gasteiger partial charge in [-0.2, -0.15) is 0 Å². The zero-order valence-corrected chi connectivity index (χ0v) is 5.59. The van der Waals surface area contributed by atoms with Crippen LogP contribution in [-0.2, 0) is 0 Å². The molecule has 0 saturated heterocycles. The van der Waals surface area contributed by atoms with Crippen LogP contribution in [0.25, 0.3) is 0 Å². The largest absolute Gasteiger partial charge is 0.271 e. The molecule has 0 saturated carbocycles. The topological polar surface area (TPSA) is 38.0 Å². The molecule has 1 aliphatic rings. The molecular formula is C7H12N2. The molecule has 0 spiro atoms. The van der Waals surface area contributed by atoms with Gasteiger partial charge in [0.1, 0.15) is 0 Å². The fourth-order valence-electron chi connectivity index (χ4n) is 0.834. The van der Waals surface area contributed by atoms with Crippen molar-refractivity contribution < 1.29 is 0 Å². The van der Waals surface area contributed by atoms with E-state index in [1.165, 1.54) is 0 Å². The van der Waals surface area contributed by atoms with Crippen molar-refractivity contribution in [1.82, 2.24) is 5.43 Å². The first kappa shape index (κ1) is 6.52. The molecule has 1 unspecified atom stereocenters. The first-order valence-corrected chi connectivity index (χ1v) is 3.09. The highest BCUT2D eigenvalue weighted by Crippen LogP contribution is 2.14. The van der Waals surface area contributed by atoms with Crippen LogP contribution < -0.4 is 11.3 Å². The highest BCUT2D eigenvalue weighted by Gasteiger charge is 2.17. The summed E-state index contributed by atoms with van der Waals surface area (Å²) in [5, 5.41) is 0. The van der Waals surface area contributed by atoms with Gasteiger partial charge >= 0.3 is 0 Å². The summed E-state index contributed by atoms with van der Waals surface area (Å²) in [5.74, 6) is 5.30. The van der Waals surface area contributed by atoms with Crippen LogP contribution in [0.2, 0.25) is 0 Å². The minimum Gasteiger partial charge on any atom is -0.271 e. The molecule has 0 amide bonds. The lowest BCUT2D eigenvalue weighted by molar-refractivity contribution is 0.450. The summed E-state index contributed by atoms with van der Waals surface area (Å²) in [7, 11) is 0. The Morgan fingerprint density at radius 2 is 2.33 bits per heavy atom. The van der Waals surface area contributed by atoms with Crippen molar-refractivity contribution >= 4 is 0 Å². The van der Waals surface area contributed by atoms with Gasteiger partial charge in [0.2, 0.25) is 0 Å². The molecular weight excluding hydrogens is 112 g/mol. The Morgan fingerprint density at radius 3 is 2.67 bits per heavy atom. The summed E-state index contributed by atoms with van der Waals surface area (Å²) in [6.07, 6.45) is 9.16.